The van der Waals surface area contributed by atoms with E-state index < -0.39 is 0 Å². The Morgan fingerprint density at radius 3 is 0.704 bits per heavy atom. The average molecular weight is 1160 g/mol. The maximum absolute atomic E-state index is 11.9. The van der Waals surface area contributed by atoms with Crippen molar-refractivity contribution in [2.24, 2.45) is 0 Å². The molecule has 470 valence electrons. The molecule has 1 heterocycles. The second-order valence-corrected chi connectivity index (χ2v) is 24.9. The molecule has 0 saturated carbocycles. The first-order valence-corrected chi connectivity index (χ1v) is 36.2. The van der Waals surface area contributed by atoms with Crippen molar-refractivity contribution in [3.8, 4) is 0 Å². The number of allylic oxidation sites excluding steroid dienone is 2. The summed E-state index contributed by atoms with van der Waals surface area (Å²) in [6.45, 7) is 21.5. The van der Waals surface area contributed by atoms with Crippen molar-refractivity contribution in [3.63, 3.8) is 0 Å². The molecular formula is C78H138N2Ni. The van der Waals surface area contributed by atoms with Crippen molar-refractivity contribution in [3.05, 3.63) is 101 Å². The molecular weight excluding hydrogens is 1020 g/mol. The molecule has 0 saturated heterocycles. The molecule has 2 nitrogen and oxygen atoms in total. The molecule has 0 amide bonds. The van der Waals surface area contributed by atoms with Crippen LogP contribution in [0.15, 0.2) is 59.7 Å². The van der Waals surface area contributed by atoms with Crippen molar-refractivity contribution >= 4 is 11.4 Å². The number of aryl methyl sites for hydroxylation is 2. The molecule has 0 radical (unpaired) electrons. The zero-order valence-corrected chi connectivity index (χ0v) is 56.4. The molecule has 81 heavy (non-hydrogen) atoms. The largest absolute Gasteiger partial charge is 2.00 e. The van der Waals surface area contributed by atoms with Crippen molar-refractivity contribution in [1.29, 1.82) is 0 Å². The fraction of sp³-hybridized carbons (Fsp3) is 0.769. The van der Waals surface area contributed by atoms with E-state index in [0.29, 0.717) is 0 Å². The SMILES string of the molecule is CCCCCCCCc1ccc(C2=C(CCCC)C(CCCCCC)=C(c3ccc(CCCCCC)cc3)[N+]2=[N-])cc1.[CH2-]CCCCCCCCCCCCCCCCCC.[CH2-]CCCCCCCCCCCCCCCCCC.[Ni+2]. The van der Waals surface area contributed by atoms with Gasteiger partial charge in [0.05, 0.1) is 0 Å². The van der Waals surface area contributed by atoms with Gasteiger partial charge in [-0.15, -0.1) is 0 Å². The number of hydrogen-bond donors (Lipinski definition) is 0. The van der Waals surface area contributed by atoms with Gasteiger partial charge < -0.3 is 19.4 Å². The monoisotopic (exact) mass is 1160 g/mol. The summed E-state index contributed by atoms with van der Waals surface area (Å²) in [4.78, 5) is 0. The van der Waals surface area contributed by atoms with Crippen molar-refractivity contribution in [2.75, 3.05) is 0 Å². The van der Waals surface area contributed by atoms with E-state index in [-0.39, 0.29) is 16.5 Å². The molecule has 0 atom stereocenters. The quantitative estimate of drug-likeness (QED) is 0.0273. The van der Waals surface area contributed by atoms with Gasteiger partial charge in [0.1, 0.15) is 0 Å². The van der Waals surface area contributed by atoms with Crippen LogP contribution in [-0.4, -0.2) is 4.70 Å². The van der Waals surface area contributed by atoms with Crippen LogP contribution in [0.3, 0.4) is 0 Å². The molecule has 1 aliphatic rings. The second-order valence-electron chi connectivity index (χ2n) is 24.9. The van der Waals surface area contributed by atoms with Crippen molar-refractivity contribution in [2.45, 2.75) is 388 Å². The third-order valence-corrected chi connectivity index (χ3v) is 17.2. The van der Waals surface area contributed by atoms with Crippen LogP contribution in [0, 0.1) is 13.8 Å². The van der Waals surface area contributed by atoms with E-state index in [4.69, 9.17) is 0 Å². The summed E-state index contributed by atoms with van der Waals surface area (Å²) < 4.78 is 1.55. The Labute approximate surface area is 519 Å². The van der Waals surface area contributed by atoms with Gasteiger partial charge in [0.15, 0.2) is 0 Å². The molecule has 3 heteroatoms. The minimum absolute atomic E-state index is 0. The summed E-state index contributed by atoms with van der Waals surface area (Å²) in [6, 6.07) is 18.2. The smallest absolute Gasteiger partial charge is 0.493 e. The summed E-state index contributed by atoms with van der Waals surface area (Å²) in [6.07, 6.45) is 73.4. The van der Waals surface area contributed by atoms with Gasteiger partial charge in [-0.2, -0.15) is 12.8 Å². The Balaban J connectivity index is 0.00000137. The molecule has 1 aliphatic heterocycles. The van der Waals surface area contributed by atoms with Gasteiger partial charge in [0.2, 0.25) is 11.4 Å². The summed E-state index contributed by atoms with van der Waals surface area (Å²) in [5, 5.41) is 0. The van der Waals surface area contributed by atoms with E-state index in [2.05, 4.69) is 104 Å². The summed E-state index contributed by atoms with van der Waals surface area (Å²) in [5.41, 5.74) is 21.8. The minimum Gasteiger partial charge on any atom is -0.493 e. The molecule has 0 aliphatic carbocycles. The third kappa shape index (κ3) is 43.3. The molecule has 0 N–H and O–H groups in total. The summed E-state index contributed by atoms with van der Waals surface area (Å²) >= 11 is 0. The van der Waals surface area contributed by atoms with Crippen LogP contribution in [0.1, 0.15) is 398 Å². The number of rotatable bonds is 54. The van der Waals surface area contributed by atoms with Crippen LogP contribution in [0.4, 0.5) is 0 Å². The fourth-order valence-electron chi connectivity index (χ4n) is 11.8. The second kappa shape index (κ2) is 61.1. The van der Waals surface area contributed by atoms with E-state index in [9.17, 15) is 5.53 Å². The van der Waals surface area contributed by atoms with Crippen LogP contribution in [0.25, 0.3) is 16.9 Å². The predicted molar refractivity (Wildman–Crippen MR) is 363 cm³/mol. The normalized spacial score (nSPS) is 12.2. The van der Waals surface area contributed by atoms with Gasteiger partial charge in [0.25, 0.3) is 0 Å². The topological polar surface area (TPSA) is 25.3 Å². The first-order chi connectivity index (χ1) is 39.5. The maximum Gasteiger partial charge on any atom is 2.00 e. The van der Waals surface area contributed by atoms with Crippen molar-refractivity contribution < 1.29 is 21.2 Å². The van der Waals surface area contributed by atoms with E-state index in [1.54, 1.807) is 4.70 Å². The number of nitrogens with zero attached hydrogens (tertiary/aromatic N) is 2. The third-order valence-electron chi connectivity index (χ3n) is 17.2. The zero-order chi connectivity index (χ0) is 58.0. The first-order valence-electron chi connectivity index (χ1n) is 36.2. The van der Waals surface area contributed by atoms with E-state index in [0.717, 1.165) is 73.9 Å². The Morgan fingerprint density at radius 2 is 0.457 bits per heavy atom. The van der Waals surface area contributed by atoms with E-state index in [1.807, 2.05) is 0 Å². The number of benzene rings is 2. The van der Waals surface area contributed by atoms with Gasteiger partial charge in [-0.3, -0.25) is 0 Å². The fourth-order valence-corrected chi connectivity index (χ4v) is 11.8. The molecule has 0 spiro atoms. The predicted octanol–water partition coefficient (Wildman–Crippen LogP) is 28.0. The van der Waals surface area contributed by atoms with Gasteiger partial charge in [-0.1, -0.05) is 348 Å². The molecule has 0 bridgehead atoms. The first kappa shape index (κ1) is 79.0. The molecule has 0 fully saturated rings. The van der Waals surface area contributed by atoms with Crippen LogP contribution in [0.5, 0.6) is 0 Å². The Kier molecular flexibility index (Phi) is 59.6. The van der Waals surface area contributed by atoms with E-state index >= 15 is 0 Å². The van der Waals surface area contributed by atoms with Gasteiger partial charge in [-0.05, 0) is 86.8 Å². The Morgan fingerprint density at radius 1 is 0.259 bits per heavy atom. The maximum atomic E-state index is 11.9. The van der Waals surface area contributed by atoms with Gasteiger partial charge in [-0.25, -0.2) is 4.70 Å². The summed E-state index contributed by atoms with van der Waals surface area (Å²) in [5.74, 6) is 0. The molecule has 2 aromatic rings. The number of unbranched alkanes of at least 4 members (excludes halogenated alkanes) is 44. The zero-order valence-electron chi connectivity index (χ0n) is 55.4. The summed E-state index contributed by atoms with van der Waals surface area (Å²) in [7, 11) is 0. The molecule has 2 aromatic carbocycles. The molecule has 0 aromatic heterocycles. The van der Waals surface area contributed by atoms with E-state index in [1.165, 1.54) is 318 Å². The van der Waals surface area contributed by atoms with Crippen molar-refractivity contribution in [1.82, 2.24) is 0 Å². The minimum atomic E-state index is 0. The Bertz CT molecular complexity index is 1620. The molecule has 0 unspecified atom stereocenters. The van der Waals surface area contributed by atoms with Gasteiger partial charge in [0, 0.05) is 22.3 Å². The van der Waals surface area contributed by atoms with Crippen LogP contribution < -0.4 is 0 Å². The average Bonchev–Trinajstić information content (AvgIpc) is 4.04. The van der Waals surface area contributed by atoms with Crippen LogP contribution in [-0.2, 0) is 29.3 Å². The standard InChI is InChI=1S/C40H60N2.2C19H39.Ni/c1-5-9-13-16-17-19-22-34-27-29-35(30-28-34)39-37(23-12-8-4)38(24-20-15-11-7-3)40(42(39)41)36-31-25-33(26-32-36)21-18-14-10-6-2;2*1-3-5-7-9-11-13-15-17-19-18-16-14-12-10-8-6-4-2;/h25-32H,5-24H2,1-4H3;2*1,3-19H2,2H3;/q;2*-1;+2. The molecule has 3 rings (SSSR count). The van der Waals surface area contributed by atoms with Crippen LogP contribution in [0.2, 0.25) is 0 Å². The van der Waals surface area contributed by atoms with Crippen LogP contribution >= 0.6 is 0 Å². The number of hydrogen-bond acceptors (Lipinski definition) is 0. The Hall–Kier alpha value is -1.99. The van der Waals surface area contributed by atoms with Gasteiger partial charge >= 0.3 is 16.5 Å².